The average Bonchev–Trinajstić information content (AvgIpc) is 3.19. The number of para-hydroxylation sites is 1. The highest BCUT2D eigenvalue weighted by Gasteiger charge is 2.48. The number of carbonyl (C=O) groups is 1. The van der Waals surface area contributed by atoms with E-state index in [-0.39, 0.29) is 5.41 Å². The van der Waals surface area contributed by atoms with Crippen molar-refractivity contribution in [3.05, 3.63) is 36.1 Å². The summed E-state index contributed by atoms with van der Waals surface area (Å²) in [5.74, 6) is 2.22. The second-order valence-corrected chi connectivity index (χ2v) is 8.29. The van der Waals surface area contributed by atoms with Crippen LogP contribution >= 0.6 is 0 Å². The van der Waals surface area contributed by atoms with Crippen LogP contribution in [-0.2, 0) is 11.3 Å². The molecule has 4 nitrogen and oxygen atoms in total. The molecular weight excluding hydrogens is 312 g/mol. The minimum atomic E-state index is -0.126. The van der Waals surface area contributed by atoms with E-state index in [0.29, 0.717) is 5.91 Å². The first-order chi connectivity index (χ1) is 12.2. The van der Waals surface area contributed by atoms with Crippen molar-refractivity contribution >= 4 is 16.9 Å². The maximum atomic E-state index is 13.1. The zero-order valence-corrected chi connectivity index (χ0v) is 14.7. The van der Waals surface area contributed by atoms with E-state index in [9.17, 15) is 4.79 Å². The largest absolute Gasteiger partial charge is 0.460 e. The van der Waals surface area contributed by atoms with E-state index in [1.807, 2.05) is 18.2 Å². The predicted molar refractivity (Wildman–Crippen MR) is 97.1 cm³/mol. The Morgan fingerprint density at radius 3 is 2.88 bits per heavy atom. The van der Waals surface area contributed by atoms with Crippen molar-refractivity contribution in [1.29, 1.82) is 0 Å². The zero-order valence-electron chi connectivity index (χ0n) is 14.7. The number of benzene rings is 1. The van der Waals surface area contributed by atoms with E-state index in [2.05, 4.69) is 21.9 Å². The van der Waals surface area contributed by atoms with Crippen molar-refractivity contribution in [2.75, 3.05) is 26.2 Å². The molecule has 1 unspecified atom stereocenters. The van der Waals surface area contributed by atoms with Crippen molar-refractivity contribution in [3.8, 4) is 0 Å². The van der Waals surface area contributed by atoms with Gasteiger partial charge in [0.2, 0.25) is 5.91 Å². The van der Waals surface area contributed by atoms with Crippen LogP contribution in [0.15, 0.2) is 34.7 Å². The molecule has 2 aromatic rings. The van der Waals surface area contributed by atoms with Gasteiger partial charge in [-0.25, -0.2) is 0 Å². The molecule has 4 heteroatoms. The fourth-order valence-electron chi connectivity index (χ4n) is 4.75. The fraction of sp³-hybridized carbons (Fsp3) is 0.571. The second kappa shape index (κ2) is 5.87. The molecule has 1 atom stereocenters. The first-order valence-corrected chi connectivity index (χ1v) is 9.71. The lowest BCUT2D eigenvalue weighted by Crippen LogP contribution is -2.50. The molecule has 3 heterocycles. The topological polar surface area (TPSA) is 36.7 Å². The van der Waals surface area contributed by atoms with Crippen LogP contribution in [-0.4, -0.2) is 41.9 Å². The molecule has 2 aliphatic heterocycles. The molecule has 0 N–H and O–H groups in total. The number of piperidine rings is 1. The third kappa shape index (κ3) is 2.86. The van der Waals surface area contributed by atoms with Crippen LogP contribution in [0.2, 0.25) is 0 Å². The van der Waals surface area contributed by atoms with Gasteiger partial charge in [-0.05, 0) is 56.7 Å². The van der Waals surface area contributed by atoms with Gasteiger partial charge in [-0.3, -0.25) is 9.69 Å². The summed E-state index contributed by atoms with van der Waals surface area (Å²) in [7, 11) is 0. The van der Waals surface area contributed by atoms with Gasteiger partial charge in [-0.2, -0.15) is 0 Å². The Balaban J connectivity index is 1.28. The van der Waals surface area contributed by atoms with Gasteiger partial charge in [0.15, 0.2) is 0 Å². The Kier molecular flexibility index (Phi) is 3.63. The average molecular weight is 338 g/mol. The van der Waals surface area contributed by atoms with Gasteiger partial charge in [0.05, 0.1) is 12.0 Å². The summed E-state index contributed by atoms with van der Waals surface area (Å²) in [4.78, 5) is 17.7. The molecule has 0 radical (unpaired) electrons. The van der Waals surface area contributed by atoms with Gasteiger partial charge >= 0.3 is 0 Å². The van der Waals surface area contributed by atoms with Crippen molar-refractivity contribution in [2.45, 2.75) is 38.6 Å². The highest BCUT2D eigenvalue weighted by Crippen LogP contribution is 2.42. The van der Waals surface area contributed by atoms with Crippen LogP contribution in [0, 0.1) is 11.3 Å². The summed E-state index contributed by atoms with van der Waals surface area (Å²) in [5, 5.41) is 1.16. The predicted octanol–water partition coefficient (Wildman–Crippen LogP) is 3.66. The number of hydrogen-bond acceptors (Lipinski definition) is 3. The molecule has 1 aromatic carbocycles. The monoisotopic (exact) mass is 338 g/mol. The molecule has 5 rings (SSSR count). The second-order valence-electron chi connectivity index (χ2n) is 8.29. The molecule has 1 spiro atoms. The van der Waals surface area contributed by atoms with Crippen LogP contribution in [0.25, 0.3) is 11.0 Å². The number of rotatable bonds is 4. The Hall–Kier alpha value is -1.81. The normalized spacial score (nSPS) is 27.7. The Bertz CT molecular complexity index is 761. The van der Waals surface area contributed by atoms with E-state index in [1.54, 1.807) is 0 Å². The molecule has 1 amide bonds. The van der Waals surface area contributed by atoms with Crippen molar-refractivity contribution in [2.24, 2.45) is 11.3 Å². The summed E-state index contributed by atoms with van der Waals surface area (Å²) in [6, 6.07) is 10.3. The molecule has 3 fully saturated rings. The van der Waals surface area contributed by atoms with Crippen molar-refractivity contribution in [3.63, 3.8) is 0 Å². The molecule has 0 bridgehead atoms. The maximum absolute atomic E-state index is 13.1. The van der Waals surface area contributed by atoms with Gasteiger partial charge in [0.25, 0.3) is 0 Å². The molecule has 25 heavy (non-hydrogen) atoms. The van der Waals surface area contributed by atoms with Gasteiger partial charge < -0.3 is 9.32 Å². The fourth-order valence-corrected chi connectivity index (χ4v) is 4.75. The lowest BCUT2D eigenvalue weighted by atomic mass is 9.78. The molecule has 1 aromatic heterocycles. The third-order valence-electron chi connectivity index (χ3n) is 6.29. The lowest BCUT2D eigenvalue weighted by molar-refractivity contribution is -0.145. The van der Waals surface area contributed by atoms with Crippen LogP contribution in [0.1, 0.15) is 37.9 Å². The Morgan fingerprint density at radius 1 is 1.16 bits per heavy atom. The molecule has 3 aliphatic rings. The molecule has 1 aliphatic carbocycles. The zero-order chi connectivity index (χ0) is 16.9. The molecule has 132 valence electrons. The number of hydrogen-bond donors (Lipinski definition) is 0. The summed E-state index contributed by atoms with van der Waals surface area (Å²) in [5.41, 5.74) is 0.829. The highest BCUT2D eigenvalue weighted by atomic mass is 16.3. The lowest BCUT2D eigenvalue weighted by Gasteiger charge is -2.39. The van der Waals surface area contributed by atoms with Gasteiger partial charge in [0.1, 0.15) is 11.3 Å². The summed E-state index contributed by atoms with van der Waals surface area (Å²) >= 11 is 0. The maximum Gasteiger partial charge on any atom is 0.230 e. The number of fused-ring (bicyclic) bond motifs is 1. The van der Waals surface area contributed by atoms with Gasteiger partial charge in [-0.15, -0.1) is 0 Å². The number of amides is 1. The first kappa shape index (κ1) is 15.4. The Morgan fingerprint density at radius 2 is 2.04 bits per heavy atom. The number of carbonyl (C=O) groups excluding carboxylic acids is 1. The summed E-state index contributed by atoms with van der Waals surface area (Å²) in [6.45, 7) is 4.68. The van der Waals surface area contributed by atoms with Crippen molar-refractivity contribution in [1.82, 2.24) is 9.80 Å². The van der Waals surface area contributed by atoms with Crippen LogP contribution < -0.4 is 0 Å². The minimum absolute atomic E-state index is 0.126. The van der Waals surface area contributed by atoms with E-state index in [0.717, 1.165) is 74.6 Å². The summed E-state index contributed by atoms with van der Waals surface area (Å²) < 4.78 is 5.98. The van der Waals surface area contributed by atoms with E-state index >= 15 is 0 Å². The van der Waals surface area contributed by atoms with Gasteiger partial charge in [0, 0.05) is 25.0 Å². The number of likely N-dealkylation sites (tertiary alicyclic amines) is 2. The summed E-state index contributed by atoms with van der Waals surface area (Å²) in [6.07, 6.45) is 5.86. The van der Waals surface area contributed by atoms with Crippen LogP contribution in [0.3, 0.4) is 0 Å². The minimum Gasteiger partial charge on any atom is -0.460 e. The standard InChI is InChI=1S/C21H26N2O2/c24-20-21(8-3-10-23(20)13-16-6-7-16)9-11-22(15-21)14-18-12-17-4-1-2-5-19(17)25-18/h1-2,4-5,12,16H,3,6-11,13-15H2. The third-order valence-corrected chi connectivity index (χ3v) is 6.29. The smallest absolute Gasteiger partial charge is 0.230 e. The first-order valence-electron chi connectivity index (χ1n) is 9.71. The molecule has 2 saturated heterocycles. The highest BCUT2D eigenvalue weighted by molar-refractivity contribution is 5.84. The number of nitrogens with zero attached hydrogens (tertiary/aromatic N) is 2. The quantitative estimate of drug-likeness (QED) is 0.854. The van der Waals surface area contributed by atoms with Crippen LogP contribution in [0.4, 0.5) is 0 Å². The van der Waals surface area contributed by atoms with Crippen LogP contribution in [0.5, 0.6) is 0 Å². The molecule has 1 saturated carbocycles. The van der Waals surface area contributed by atoms with E-state index in [1.165, 1.54) is 12.8 Å². The van der Waals surface area contributed by atoms with Gasteiger partial charge in [-0.1, -0.05) is 18.2 Å². The van der Waals surface area contributed by atoms with E-state index < -0.39 is 0 Å². The van der Waals surface area contributed by atoms with Crippen molar-refractivity contribution < 1.29 is 9.21 Å². The number of furan rings is 1. The Labute approximate surface area is 148 Å². The molecular formula is C21H26N2O2. The van der Waals surface area contributed by atoms with E-state index in [4.69, 9.17) is 4.42 Å². The SMILES string of the molecule is O=C1N(CC2CC2)CCCC12CCN(Cc1cc3ccccc3o1)C2.